The second-order valence-corrected chi connectivity index (χ2v) is 7.32. The Morgan fingerprint density at radius 3 is 2.65 bits per heavy atom. The highest BCUT2D eigenvalue weighted by Crippen LogP contribution is 2.28. The van der Waals surface area contributed by atoms with Gasteiger partial charge in [0.1, 0.15) is 12.3 Å². The maximum absolute atomic E-state index is 8.36. The van der Waals surface area contributed by atoms with Gasteiger partial charge in [0, 0.05) is 19.5 Å². The van der Waals surface area contributed by atoms with Gasteiger partial charge in [0.05, 0.1) is 19.5 Å². The lowest BCUT2D eigenvalue weighted by molar-refractivity contribution is -0.122. The Labute approximate surface area is 181 Å². The molecule has 1 aliphatic rings. The molecule has 4 rings (SSSR count). The van der Waals surface area contributed by atoms with Crippen molar-refractivity contribution in [3.05, 3.63) is 48.3 Å². The van der Waals surface area contributed by atoms with Crippen molar-refractivity contribution in [2.75, 3.05) is 27.2 Å². The first kappa shape index (κ1) is 22.3. The molecule has 1 N–H and O–H groups in total. The molecule has 2 aromatic heterocycles. The van der Waals surface area contributed by atoms with Gasteiger partial charge in [-0.05, 0) is 38.6 Å². The van der Waals surface area contributed by atoms with Crippen molar-refractivity contribution < 1.29 is 19.4 Å². The van der Waals surface area contributed by atoms with Crippen molar-refractivity contribution in [1.82, 2.24) is 29.4 Å². The fourth-order valence-electron chi connectivity index (χ4n) is 3.61. The highest BCUT2D eigenvalue weighted by molar-refractivity contribution is 5.39. The Bertz CT molecular complexity index is 986. The van der Waals surface area contributed by atoms with E-state index in [1.807, 2.05) is 42.2 Å². The van der Waals surface area contributed by atoms with E-state index in [-0.39, 0.29) is 6.47 Å². The first-order chi connectivity index (χ1) is 15.0. The van der Waals surface area contributed by atoms with Gasteiger partial charge in [-0.3, -0.25) is 9.48 Å². The number of hydrogen-bond acceptors (Lipinski definition) is 7. The summed E-state index contributed by atoms with van der Waals surface area (Å²) in [4.78, 5) is 15.5. The van der Waals surface area contributed by atoms with E-state index in [9.17, 15) is 0 Å². The molecule has 0 amide bonds. The summed E-state index contributed by atoms with van der Waals surface area (Å²) in [6.07, 6.45) is 5.99. The van der Waals surface area contributed by atoms with Gasteiger partial charge in [-0.15, -0.1) is 0 Å². The van der Waals surface area contributed by atoms with E-state index in [2.05, 4.69) is 17.0 Å². The fourth-order valence-corrected chi connectivity index (χ4v) is 3.61. The maximum atomic E-state index is 8.36. The van der Waals surface area contributed by atoms with Crippen molar-refractivity contribution in [1.29, 1.82) is 0 Å². The van der Waals surface area contributed by atoms with Crippen LogP contribution in [0.1, 0.15) is 30.4 Å². The molecule has 10 heteroatoms. The molecular formula is C21H28N6O4. The first-order valence-electron chi connectivity index (χ1n) is 10.0. The normalized spacial score (nSPS) is 16.3. The molecule has 0 aliphatic carbocycles. The Kier molecular flexibility index (Phi) is 7.60. The van der Waals surface area contributed by atoms with E-state index in [0.717, 1.165) is 43.3 Å². The van der Waals surface area contributed by atoms with E-state index in [4.69, 9.17) is 29.5 Å². The summed E-state index contributed by atoms with van der Waals surface area (Å²) in [5.41, 5.74) is 0.879. The number of para-hydroxylation sites is 2. The number of carboxylic acid groups (broad SMARTS) is 1. The molecule has 0 radical (unpaired) electrons. The summed E-state index contributed by atoms with van der Waals surface area (Å²) in [6.45, 7) is 2.15. The average molecular weight is 428 g/mol. The Morgan fingerprint density at radius 2 is 2.00 bits per heavy atom. The van der Waals surface area contributed by atoms with Gasteiger partial charge in [0.25, 0.3) is 6.47 Å². The predicted octanol–water partition coefficient (Wildman–Crippen LogP) is 2.10. The SMILES string of the molecule is COc1ccccc1OCc1nc(C2CCCN(C)C2)nn1-c1cnn(C)c1.O=CO. The average Bonchev–Trinajstić information content (AvgIpc) is 3.39. The maximum Gasteiger partial charge on any atom is 0.290 e. The number of hydrogen-bond donors (Lipinski definition) is 1. The van der Waals surface area contributed by atoms with Crippen LogP contribution in [-0.2, 0) is 18.4 Å². The molecule has 1 unspecified atom stereocenters. The lowest BCUT2D eigenvalue weighted by Crippen LogP contribution is -2.31. The van der Waals surface area contributed by atoms with Crippen LogP contribution in [-0.4, -0.2) is 68.3 Å². The minimum absolute atomic E-state index is 0.250. The number of nitrogens with zero attached hydrogens (tertiary/aromatic N) is 6. The van der Waals surface area contributed by atoms with Crippen molar-refractivity contribution in [3.8, 4) is 17.2 Å². The number of piperidine rings is 1. The number of aryl methyl sites for hydroxylation is 1. The molecule has 1 aromatic carbocycles. The Hall–Kier alpha value is -3.40. The molecule has 0 bridgehead atoms. The second-order valence-electron chi connectivity index (χ2n) is 7.32. The summed E-state index contributed by atoms with van der Waals surface area (Å²) in [7, 11) is 5.68. The molecule has 10 nitrogen and oxygen atoms in total. The summed E-state index contributed by atoms with van der Waals surface area (Å²) in [6, 6.07) is 7.61. The topological polar surface area (TPSA) is 108 Å². The van der Waals surface area contributed by atoms with Crippen LogP contribution in [0.3, 0.4) is 0 Å². The largest absolute Gasteiger partial charge is 0.493 e. The van der Waals surface area contributed by atoms with Crippen LogP contribution in [0.5, 0.6) is 11.5 Å². The van der Waals surface area contributed by atoms with Gasteiger partial charge in [-0.2, -0.15) is 10.2 Å². The number of benzene rings is 1. The van der Waals surface area contributed by atoms with Crippen LogP contribution >= 0.6 is 0 Å². The number of methoxy groups -OCH3 is 1. The lowest BCUT2D eigenvalue weighted by Gasteiger charge is -2.27. The van der Waals surface area contributed by atoms with Crippen LogP contribution < -0.4 is 9.47 Å². The molecule has 1 saturated heterocycles. The molecule has 3 aromatic rings. The summed E-state index contributed by atoms with van der Waals surface area (Å²) in [5.74, 6) is 3.34. The third-order valence-corrected chi connectivity index (χ3v) is 5.04. The lowest BCUT2D eigenvalue weighted by atomic mass is 9.98. The van der Waals surface area contributed by atoms with Gasteiger partial charge in [-0.1, -0.05) is 12.1 Å². The zero-order chi connectivity index (χ0) is 22.2. The molecule has 1 atom stereocenters. The number of rotatable bonds is 6. The molecule has 0 saturated carbocycles. The quantitative estimate of drug-likeness (QED) is 0.595. The van der Waals surface area contributed by atoms with Gasteiger partial charge >= 0.3 is 0 Å². The molecule has 31 heavy (non-hydrogen) atoms. The Balaban J connectivity index is 0.000000858. The monoisotopic (exact) mass is 428 g/mol. The number of likely N-dealkylation sites (tertiary alicyclic amines) is 1. The van der Waals surface area contributed by atoms with Gasteiger partial charge in [0.15, 0.2) is 23.1 Å². The fraction of sp³-hybridized carbons (Fsp3) is 0.429. The molecule has 1 fully saturated rings. The molecule has 1 aliphatic heterocycles. The van der Waals surface area contributed by atoms with Crippen LogP contribution in [0, 0.1) is 0 Å². The number of ether oxygens (including phenoxy) is 2. The van der Waals surface area contributed by atoms with E-state index in [0.29, 0.717) is 24.0 Å². The molecule has 166 valence electrons. The highest BCUT2D eigenvalue weighted by atomic mass is 16.5. The Morgan fingerprint density at radius 1 is 1.26 bits per heavy atom. The molecule has 3 heterocycles. The van der Waals surface area contributed by atoms with Gasteiger partial charge < -0.3 is 19.5 Å². The second kappa shape index (κ2) is 10.6. The van der Waals surface area contributed by atoms with Crippen molar-refractivity contribution in [3.63, 3.8) is 0 Å². The van der Waals surface area contributed by atoms with Crippen molar-refractivity contribution in [2.24, 2.45) is 7.05 Å². The summed E-state index contributed by atoms with van der Waals surface area (Å²) in [5, 5.41) is 16.0. The number of likely N-dealkylation sites (N-methyl/N-ethyl adjacent to an activating group) is 1. The summed E-state index contributed by atoms with van der Waals surface area (Å²) >= 11 is 0. The van der Waals surface area contributed by atoms with Crippen LogP contribution in [0.15, 0.2) is 36.7 Å². The van der Waals surface area contributed by atoms with Crippen LogP contribution in [0.25, 0.3) is 5.69 Å². The van der Waals surface area contributed by atoms with Gasteiger partial charge in [0.2, 0.25) is 0 Å². The third-order valence-electron chi connectivity index (χ3n) is 5.04. The smallest absolute Gasteiger partial charge is 0.290 e. The summed E-state index contributed by atoms with van der Waals surface area (Å²) < 4.78 is 15.0. The van der Waals surface area contributed by atoms with E-state index in [1.165, 1.54) is 0 Å². The highest BCUT2D eigenvalue weighted by Gasteiger charge is 2.25. The zero-order valence-corrected chi connectivity index (χ0v) is 18.0. The molecule has 0 spiro atoms. The number of aromatic nitrogens is 5. The van der Waals surface area contributed by atoms with Crippen molar-refractivity contribution in [2.45, 2.75) is 25.4 Å². The third kappa shape index (κ3) is 5.60. The zero-order valence-electron chi connectivity index (χ0n) is 18.0. The van der Waals surface area contributed by atoms with E-state index in [1.54, 1.807) is 18.0 Å². The van der Waals surface area contributed by atoms with Gasteiger partial charge in [-0.25, -0.2) is 9.67 Å². The molecular weight excluding hydrogens is 400 g/mol. The van der Waals surface area contributed by atoms with E-state index < -0.39 is 0 Å². The van der Waals surface area contributed by atoms with Crippen molar-refractivity contribution >= 4 is 6.47 Å². The number of carbonyl (C=O) groups is 1. The van der Waals surface area contributed by atoms with E-state index >= 15 is 0 Å². The van der Waals surface area contributed by atoms with Crippen LogP contribution in [0.4, 0.5) is 0 Å². The standard InChI is InChI=1S/C20H26N6O2.CH2O2/c1-24-10-6-7-15(12-24)20-22-19(26(23-20)16-11-21-25(2)13-16)14-28-18-9-5-4-8-17(18)27-3;2-1-3/h4-5,8-9,11,13,15H,6-7,10,12,14H2,1-3H3;1H,(H,2,3). The minimum atomic E-state index is -0.250. The first-order valence-corrected chi connectivity index (χ1v) is 10.0. The minimum Gasteiger partial charge on any atom is -0.493 e. The predicted molar refractivity (Wildman–Crippen MR) is 114 cm³/mol. The van der Waals surface area contributed by atoms with Crippen LogP contribution in [0.2, 0.25) is 0 Å².